The average Bonchev–Trinajstić information content (AvgIpc) is 3.15. The topological polar surface area (TPSA) is 72.2 Å². The van der Waals surface area contributed by atoms with Crippen LogP contribution in [0, 0.1) is 23.2 Å². The number of rotatable bonds is 4. The van der Waals surface area contributed by atoms with Crippen molar-refractivity contribution in [2.24, 2.45) is 28.9 Å². The fourth-order valence-electron chi connectivity index (χ4n) is 7.25. The van der Waals surface area contributed by atoms with Crippen LogP contribution in [0.1, 0.15) is 63.4 Å². The molecule has 0 spiro atoms. The van der Waals surface area contributed by atoms with Gasteiger partial charge >= 0.3 is 0 Å². The van der Waals surface area contributed by atoms with E-state index in [1.54, 1.807) is 0 Å². The third-order valence-corrected chi connectivity index (χ3v) is 8.63. The van der Waals surface area contributed by atoms with E-state index in [-0.39, 0.29) is 23.3 Å². The molecule has 1 aromatic rings. The van der Waals surface area contributed by atoms with E-state index < -0.39 is 5.41 Å². The van der Waals surface area contributed by atoms with Crippen molar-refractivity contribution in [2.45, 2.75) is 69.2 Å². The summed E-state index contributed by atoms with van der Waals surface area (Å²) in [5.41, 5.74) is 6.16. The molecular formula is C23H29ClN2O2. The number of nitrogens with one attached hydrogen (secondary N) is 1. The molecular weight excluding hydrogens is 372 g/mol. The van der Waals surface area contributed by atoms with Gasteiger partial charge in [-0.1, -0.05) is 36.6 Å². The maximum atomic E-state index is 13.6. The third kappa shape index (κ3) is 2.71. The van der Waals surface area contributed by atoms with Crippen LogP contribution >= 0.6 is 11.6 Å². The highest BCUT2D eigenvalue weighted by atomic mass is 35.5. The zero-order valence-corrected chi connectivity index (χ0v) is 17.0. The Labute approximate surface area is 171 Å². The lowest BCUT2D eigenvalue weighted by Crippen LogP contribution is -2.63. The van der Waals surface area contributed by atoms with Gasteiger partial charge in [0.15, 0.2) is 0 Å². The van der Waals surface area contributed by atoms with Gasteiger partial charge in [0, 0.05) is 16.5 Å². The van der Waals surface area contributed by atoms with Crippen molar-refractivity contribution in [1.82, 2.24) is 5.32 Å². The van der Waals surface area contributed by atoms with Crippen molar-refractivity contribution in [3.63, 3.8) is 0 Å². The van der Waals surface area contributed by atoms with Gasteiger partial charge in [-0.2, -0.15) is 0 Å². The van der Waals surface area contributed by atoms with Gasteiger partial charge in [-0.3, -0.25) is 9.59 Å². The molecule has 1 aromatic carbocycles. The lowest BCUT2D eigenvalue weighted by Gasteiger charge is -2.59. The first-order chi connectivity index (χ1) is 13.4. The minimum Gasteiger partial charge on any atom is -0.369 e. The minimum absolute atomic E-state index is 0.120. The molecule has 0 heterocycles. The number of hydrogen-bond acceptors (Lipinski definition) is 2. The standard InChI is InChI=1S/C23H29ClN2O2/c24-18-5-3-17(4-6-18)23(7-1-2-8-23)21(28)26-19-15-9-14-10-16(19)13-22(11-14,12-15)20(25)27/h3-6,14-16,19H,1-2,7-13H2,(H2,25,27)(H,26,28)/t14?,15-,16+,19?,22?. The van der Waals surface area contributed by atoms with Crippen LogP contribution in [0.4, 0.5) is 0 Å². The largest absolute Gasteiger partial charge is 0.369 e. The average molecular weight is 401 g/mol. The monoisotopic (exact) mass is 400 g/mol. The molecule has 150 valence electrons. The molecule has 3 unspecified atom stereocenters. The second-order valence-corrected chi connectivity index (χ2v) is 10.3. The Morgan fingerprint density at radius 1 is 1.00 bits per heavy atom. The number of carbonyl (C=O) groups is 2. The molecule has 0 aliphatic heterocycles. The first-order valence-corrected chi connectivity index (χ1v) is 11.2. The van der Waals surface area contributed by atoms with Crippen molar-refractivity contribution in [3.8, 4) is 0 Å². The van der Waals surface area contributed by atoms with E-state index in [9.17, 15) is 9.59 Å². The molecule has 5 saturated carbocycles. The summed E-state index contributed by atoms with van der Waals surface area (Å²) in [6.45, 7) is 0. The zero-order valence-electron chi connectivity index (χ0n) is 16.3. The van der Waals surface area contributed by atoms with Gasteiger partial charge < -0.3 is 11.1 Å². The van der Waals surface area contributed by atoms with E-state index in [0.717, 1.165) is 63.4 Å². The van der Waals surface area contributed by atoms with Crippen LogP contribution in [0.3, 0.4) is 0 Å². The lowest BCUT2D eigenvalue weighted by molar-refractivity contribution is -0.148. The highest BCUT2D eigenvalue weighted by Gasteiger charge is 2.58. The Balaban J connectivity index is 1.39. The lowest BCUT2D eigenvalue weighted by atomic mass is 9.47. The fraction of sp³-hybridized carbons (Fsp3) is 0.652. The summed E-state index contributed by atoms with van der Waals surface area (Å²) in [5.74, 6) is 1.45. The molecule has 5 heteroatoms. The number of nitrogens with two attached hydrogens (primary N) is 1. The van der Waals surface area contributed by atoms with Crippen LogP contribution in [0.25, 0.3) is 0 Å². The van der Waals surface area contributed by atoms with E-state index in [1.165, 1.54) is 0 Å². The number of hydrogen-bond donors (Lipinski definition) is 2. The molecule has 2 amide bonds. The summed E-state index contributed by atoms with van der Waals surface area (Å²) in [7, 11) is 0. The summed E-state index contributed by atoms with van der Waals surface area (Å²) < 4.78 is 0. The van der Waals surface area contributed by atoms with Crippen LogP contribution in [0.2, 0.25) is 5.02 Å². The third-order valence-electron chi connectivity index (χ3n) is 8.38. The van der Waals surface area contributed by atoms with Gasteiger partial charge in [0.25, 0.3) is 0 Å². The number of benzene rings is 1. The molecule has 5 aliphatic rings. The molecule has 4 bridgehead atoms. The zero-order chi connectivity index (χ0) is 19.5. The van der Waals surface area contributed by atoms with Crippen molar-refractivity contribution >= 4 is 23.4 Å². The molecule has 0 radical (unpaired) electrons. The summed E-state index contributed by atoms with van der Waals surface area (Å²) >= 11 is 6.08. The summed E-state index contributed by atoms with van der Waals surface area (Å²) in [6, 6.07) is 8.02. The number of amides is 2. The number of carbonyl (C=O) groups excluding carboxylic acids is 2. The van der Waals surface area contributed by atoms with Gasteiger partial charge in [-0.25, -0.2) is 0 Å². The van der Waals surface area contributed by atoms with Gasteiger partial charge in [-0.05, 0) is 80.4 Å². The fourth-order valence-corrected chi connectivity index (χ4v) is 7.37. The highest BCUT2D eigenvalue weighted by molar-refractivity contribution is 6.30. The van der Waals surface area contributed by atoms with Crippen LogP contribution in [-0.2, 0) is 15.0 Å². The maximum Gasteiger partial charge on any atom is 0.230 e. The summed E-state index contributed by atoms with van der Waals surface area (Å²) in [4.78, 5) is 25.8. The Bertz CT molecular complexity index is 783. The van der Waals surface area contributed by atoms with Crippen molar-refractivity contribution in [1.29, 1.82) is 0 Å². The molecule has 5 aliphatic carbocycles. The predicted molar refractivity (Wildman–Crippen MR) is 109 cm³/mol. The second kappa shape index (κ2) is 6.48. The van der Waals surface area contributed by atoms with E-state index in [0.29, 0.717) is 22.8 Å². The van der Waals surface area contributed by atoms with Gasteiger partial charge in [0.05, 0.1) is 5.41 Å². The van der Waals surface area contributed by atoms with Crippen molar-refractivity contribution in [2.75, 3.05) is 0 Å². The minimum atomic E-state index is -0.430. The van der Waals surface area contributed by atoms with Crippen molar-refractivity contribution < 1.29 is 9.59 Å². The van der Waals surface area contributed by atoms with Crippen LogP contribution in [-0.4, -0.2) is 17.9 Å². The molecule has 4 nitrogen and oxygen atoms in total. The van der Waals surface area contributed by atoms with Gasteiger partial charge in [0.1, 0.15) is 0 Å². The number of halogens is 1. The van der Waals surface area contributed by atoms with Gasteiger partial charge in [-0.15, -0.1) is 0 Å². The molecule has 28 heavy (non-hydrogen) atoms. The van der Waals surface area contributed by atoms with Crippen LogP contribution in [0.15, 0.2) is 24.3 Å². The van der Waals surface area contributed by atoms with E-state index >= 15 is 0 Å². The smallest absolute Gasteiger partial charge is 0.230 e. The van der Waals surface area contributed by atoms with Crippen LogP contribution < -0.4 is 11.1 Å². The van der Waals surface area contributed by atoms with E-state index in [4.69, 9.17) is 17.3 Å². The van der Waals surface area contributed by atoms with E-state index in [1.807, 2.05) is 24.3 Å². The SMILES string of the molecule is NC(=O)C12CC3C[C@H](C1)C(NC(=O)C1(c4ccc(Cl)cc4)CCCC1)[C@@H](C3)C2. The summed E-state index contributed by atoms with van der Waals surface area (Å²) in [5, 5.41) is 4.19. The van der Waals surface area contributed by atoms with E-state index in [2.05, 4.69) is 5.32 Å². The normalized spacial score (nSPS) is 37.8. The molecule has 5 atom stereocenters. The Hall–Kier alpha value is -1.55. The van der Waals surface area contributed by atoms with Gasteiger partial charge in [0.2, 0.25) is 11.8 Å². The first kappa shape index (κ1) is 18.5. The molecule has 5 fully saturated rings. The first-order valence-electron chi connectivity index (χ1n) is 10.8. The second-order valence-electron chi connectivity index (χ2n) is 9.91. The number of primary amides is 1. The summed E-state index contributed by atoms with van der Waals surface area (Å²) in [6.07, 6.45) is 8.90. The molecule has 6 rings (SSSR count). The quantitative estimate of drug-likeness (QED) is 0.803. The van der Waals surface area contributed by atoms with Crippen molar-refractivity contribution in [3.05, 3.63) is 34.9 Å². The Morgan fingerprint density at radius 2 is 1.61 bits per heavy atom. The maximum absolute atomic E-state index is 13.6. The molecule has 3 N–H and O–H groups in total. The van der Waals surface area contributed by atoms with Crippen LogP contribution in [0.5, 0.6) is 0 Å². The molecule has 0 aromatic heterocycles. The Kier molecular flexibility index (Phi) is 4.28. The molecule has 0 saturated heterocycles. The predicted octanol–water partition coefficient (Wildman–Crippen LogP) is 3.95. The Morgan fingerprint density at radius 3 is 2.18 bits per heavy atom. The highest BCUT2D eigenvalue weighted by Crippen LogP contribution is 2.60.